The number of carbonyl (C=O) groups is 1. The normalized spacial score (nSPS) is 48.7. The van der Waals surface area contributed by atoms with E-state index in [0.717, 1.165) is 38.5 Å². The lowest BCUT2D eigenvalue weighted by Crippen LogP contribution is -2.67. The van der Waals surface area contributed by atoms with E-state index in [4.69, 9.17) is 14.1 Å². The molecule has 0 bridgehead atoms. The Kier molecular flexibility index (Phi) is 7.04. The first-order valence-electron chi connectivity index (χ1n) is 15.4. The quantitative estimate of drug-likeness (QED) is 0.293. The van der Waals surface area contributed by atoms with Gasteiger partial charge in [0, 0.05) is 12.3 Å². The number of hydrogen-bond donors (Lipinski definition) is 1. The van der Waals surface area contributed by atoms with E-state index in [0.29, 0.717) is 29.6 Å². The maximum absolute atomic E-state index is 11.9. The largest absolute Gasteiger partial charge is 0.462 e. The number of esters is 1. The van der Waals surface area contributed by atoms with Gasteiger partial charge in [-0.2, -0.15) is 8.42 Å². The van der Waals surface area contributed by atoms with Crippen molar-refractivity contribution in [1.82, 2.24) is 0 Å². The maximum atomic E-state index is 11.9. The van der Waals surface area contributed by atoms with Crippen molar-refractivity contribution in [2.45, 2.75) is 119 Å². The van der Waals surface area contributed by atoms with Gasteiger partial charge in [0.1, 0.15) is 6.10 Å². The molecular weight excluding hydrogens is 510 g/mol. The van der Waals surface area contributed by atoms with Gasteiger partial charge in [-0.25, -0.2) is 5.14 Å². The van der Waals surface area contributed by atoms with E-state index in [2.05, 4.69) is 48.1 Å². The minimum atomic E-state index is -3.98. The highest BCUT2D eigenvalue weighted by Gasteiger charge is 2.71. The van der Waals surface area contributed by atoms with Crippen LogP contribution in [0.2, 0.25) is 0 Å². The highest BCUT2D eigenvalue weighted by atomic mass is 32.2. The SMILES string of the molecule is C=C(C)[C@@H]1CC[C@]2(COS(N)(=O)=O)CC[C@]3(C)[C@H](CC[C@@H]4[C@@]5(C)CC[C@H](OC(C)=O)C(C)(C)[C@@H]5CC[C@]43C)[C@@H]12. The molecule has 5 fully saturated rings. The Labute approximate surface area is 237 Å². The highest BCUT2D eigenvalue weighted by molar-refractivity contribution is 7.84. The van der Waals surface area contributed by atoms with Gasteiger partial charge in [-0.1, -0.05) is 46.8 Å². The molecule has 39 heavy (non-hydrogen) atoms. The van der Waals surface area contributed by atoms with Crippen LogP contribution in [0.4, 0.5) is 0 Å². The molecule has 10 atom stereocenters. The third-order valence-electron chi connectivity index (χ3n) is 14.0. The first-order chi connectivity index (χ1) is 17.9. The van der Waals surface area contributed by atoms with E-state index in [9.17, 15) is 13.2 Å². The summed E-state index contributed by atoms with van der Waals surface area (Å²) < 4.78 is 35.0. The summed E-state index contributed by atoms with van der Waals surface area (Å²) >= 11 is 0. The van der Waals surface area contributed by atoms with Crippen molar-refractivity contribution in [2.24, 2.45) is 61.8 Å². The van der Waals surface area contributed by atoms with Crippen molar-refractivity contribution in [3.05, 3.63) is 12.2 Å². The monoisotopic (exact) mass is 563 g/mol. The first kappa shape index (κ1) is 29.6. The lowest BCUT2D eigenvalue weighted by Gasteiger charge is -2.73. The number of ether oxygens (including phenoxy) is 1. The number of nitrogens with two attached hydrogens (primary N) is 1. The van der Waals surface area contributed by atoms with E-state index in [-0.39, 0.29) is 45.8 Å². The fourth-order valence-electron chi connectivity index (χ4n) is 12.1. The zero-order chi connectivity index (χ0) is 28.8. The van der Waals surface area contributed by atoms with Crippen LogP contribution in [0.5, 0.6) is 0 Å². The van der Waals surface area contributed by atoms with Crippen molar-refractivity contribution >= 4 is 16.3 Å². The molecule has 2 N–H and O–H groups in total. The van der Waals surface area contributed by atoms with Crippen molar-refractivity contribution in [3.63, 3.8) is 0 Å². The summed E-state index contributed by atoms with van der Waals surface area (Å²) in [7, 11) is -3.98. The van der Waals surface area contributed by atoms with Crippen LogP contribution >= 0.6 is 0 Å². The molecule has 5 rings (SSSR count). The van der Waals surface area contributed by atoms with Crippen LogP contribution in [0.3, 0.4) is 0 Å². The summed E-state index contributed by atoms with van der Waals surface area (Å²) in [6, 6.07) is 0. The molecule has 0 unspecified atom stereocenters. The average Bonchev–Trinajstić information content (AvgIpc) is 3.20. The zero-order valence-electron chi connectivity index (χ0n) is 25.5. The van der Waals surface area contributed by atoms with E-state index in [1.165, 1.54) is 31.3 Å². The molecule has 5 aliphatic carbocycles. The molecule has 5 aliphatic rings. The topological polar surface area (TPSA) is 95.7 Å². The standard InChI is InChI=1S/C32H53NO5S/c1-20(2)22-11-16-32(19-37-39(33,35)36)18-17-30(7)23(27(22)32)9-10-25-29(6)14-13-26(38-21(3)34)28(4,5)24(29)12-15-31(25,30)8/h22-27H,1,9-19H2,2-8H3,(H2,33,35,36)/t22-,23+,24-,25+,26-,27+,29-,30+,31+,32+/m0/s1. The van der Waals surface area contributed by atoms with Gasteiger partial charge >= 0.3 is 16.3 Å². The van der Waals surface area contributed by atoms with Gasteiger partial charge in [0.2, 0.25) is 0 Å². The maximum Gasteiger partial charge on any atom is 0.333 e. The third kappa shape index (κ3) is 4.29. The van der Waals surface area contributed by atoms with E-state index >= 15 is 0 Å². The molecule has 6 nitrogen and oxygen atoms in total. The summed E-state index contributed by atoms with van der Waals surface area (Å²) in [6.07, 6.45) is 11.0. The van der Waals surface area contributed by atoms with E-state index < -0.39 is 10.3 Å². The van der Waals surface area contributed by atoms with Gasteiger partial charge in [0.25, 0.3) is 0 Å². The summed E-state index contributed by atoms with van der Waals surface area (Å²) in [5, 5.41) is 5.33. The number of allylic oxidation sites excluding steroid dienone is 1. The highest BCUT2D eigenvalue weighted by Crippen LogP contribution is 2.77. The molecule has 0 aliphatic heterocycles. The Morgan fingerprint density at radius 1 is 0.872 bits per heavy atom. The number of fused-ring (bicyclic) bond motifs is 7. The lowest BCUT2D eigenvalue weighted by atomic mass is 9.32. The van der Waals surface area contributed by atoms with Crippen LogP contribution in [-0.4, -0.2) is 27.1 Å². The molecule has 0 saturated heterocycles. The molecule has 0 amide bonds. The Morgan fingerprint density at radius 3 is 2.18 bits per heavy atom. The molecule has 0 aromatic carbocycles. The van der Waals surface area contributed by atoms with Crippen LogP contribution in [0.25, 0.3) is 0 Å². The molecule has 5 saturated carbocycles. The van der Waals surface area contributed by atoms with Crippen molar-refractivity contribution in [3.8, 4) is 0 Å². The van der Waals surface area contributed by atoms with Gasteiger partial charge in [0.15, 0.2) is 0 Å². The fourth-order valence-corrected chi connectivity index (χ4v) is 12.5. The van der Waals surface area contributed by atoms with Gasteiger partial charge in [0.05, 0.1) is 6.61 Å². The van der Waals surface area contributed by atoms with Gasteiger partial charge in [-0.05, 0) is 122 Å². The molecule has 0 radical (unpaired) electrons. The number of rotatable bonds is 5. The zero-order valence-corrected chi connectivity index (χ0v) is 26.3. The summed E-state index contributed by atoms with van der Waals surface area (Å²) in [4.78, 5) is 11.9. The molecular formula is C32H53NO5S. The Hall–Kier alpha value is -0.920. The van der Waals surface area contributed by atoms with Gasteiger partial charge in [-0.3, -0.25) is 8.98 Å². The van der Waals surface area contributed by atoms with Crippen LogP contribution in [0, 0.1) is 56.7 Å². The third-order valence-corrected chi connectivity index (χ3v) is 14.4. The van der Waals surface area contributed by atoms with Crippen molar-refractivity contribution in [2.75, 3.05) is 6.61 Å². The smallest absolute Gasteiger partial charge is 0.333 e. The molecule has 0 aromatic heterocycles. The fraction of sp³-hybridized carbons (Fsp3) is 0.906. The van der Waals surface area contributed by atoms with Crippen molar-refractivity contribution < 1.29 is 22.1 Å². The molecule has 7 heteroatoms. The summed E-state index contributed by atoms with van der Waals surface area (Å²) in [5.41, 5.74) is 1.65. The van der Waals surface area contributed by atoms with Crippen LogP contribution < -0.4 is 5.14 Å². The molecule has 0 spiro atoms. The Morgan fingerprint density at radius 2 is 1.56 bits per heavy atom. The second kappa shape index (κ2) is 9.29. The molecule has 0 aromatic rings. The predicted octanol–water partition coefficient (Wildman–Crippen LogP) is 6.80. The van der Waals surface area contributed by atoms with Crippen molar-refractivity contribution in [1.29, 1.82) is 0 Å². The molecule has 222 valence electrons. The molecule has 0 heterocycles. The number of hydrogen-bond acceptors (Lipinski definition) is 5. The Bertz CT molecular complexity index is 1130. The average molecular weight is 564 g/mol. The summed E-state index contributed by atoms with van der Waals surface area (Å²) in [5.74, 6) is 2.30. The van der Waals surface area contributed by atoms with Gasteiger partial charge < -0.3 is 4.74 Å². The first-order valence-corrected chi connectivity index (χ1v) is 16.9. The van der Waals surface area contributed by atoms with Crippen LogP contribution in [0.1, 0.15) is 113 Å². The predicted molar refractivity (Wildman–Crippen MR) is 154 cm³/mol. The van der Waals surface area contributed by atoms with Crippen LogP contribution in [-0.2, 0) is 24.0 Å². The minimum absolute atomic E-state index is 0.00621. The van der Waals surface area contributed by atoms with E-state index in [1.807, 2.05) is 0 Å². The van der Waals surface area contributed by atoms with Gasteiger partial charge in [-0.15, -0.1) is 0 Å². The minimum Gasteiger partial charge on any atom is -0.462 e. The lowest BCUT2D eigenvalue weighted by molar-refractivity contribution is -0.251. The number of carbonyl (C=O) groups excluding carboxylic acids is 1. The van der Waals surface area contributed by atoms with Crippen LogP contribution in [0.15, 0.2) is 12.2 Å². The second-order valence-corrected chi connectivity index (χ2v) is 17.0. The Balaban J connectivity index is 1.50. The second-order valence-electron chi connectivity index (χ2n) is 15.8. The summed E-state index contributed by atoms with van der Waals surface area (Å²) in [6.45, 7) is 20.8. The van der Waals surface area contributed by atoms with E-state index in [1.54, 1.807) is 6.92 Å².